The van der Waals surface area contributed by atoms with Gasteiger partial charge in [-0.25, -0.2) is 4.39 Å². The summed E-state index contributed by atoms with van der Waals surface area (Å²) in [7, 11) is 0. The first-order chi connectivity index (χ1) is 7.15. The summed E-state index contributed by atoms with van der Waals surface area (Å²) in [4.78, 5) is 0. The number of aromatic hydroxyl groups is 1. The van der Waals surface area contributed by atoms with Gasteiger partial charge in [-0.15, -0.1) is 0 Å². The molecule has 0 radical (unpaired) electrons. The van der Waals surface area contributed by atoms with E-state index in [2.05, 4.69) is 0 Å². The van der Waals surface area contributed by atoms with Gasteiger partial charge in [-0.05, 0) is 35.4 Å². The van der Waals surface area contributed by atoms with Crippen molar-refractivity contribution in [2.45, 2.75) is 0 Å². The molecule has 3 heteroatoms. The first-order valence-corrected chi connectivity index (χ1v) is 4.78. The predicted molar refractivity (Wildman–Crippen MR) is 58.5 cm³/mol. The number of phenolic OH excluding ortho intramolecular Hbond substituents is 1. The van der Waals surface area contributed by atoms with Gasteiger partial charge in [0.25, 0.3) is 0 Å². The lowest BCUT2D eigenvalue weighted by molar-refractivity contribution is 0.469. The van der Waals surface area contributed by atoms with Crippen LogP contribution in [0.1, 0.15) is 0 Å². The summed E-state index contributed by atoms with van der Waals surface area (Å²) in [6, 6.07) is 10.9. The molecule has 0 aliphatic carbocycles. The van der Waals surface area contributed by atoms with E-state index >= 15 is 0 Å². The van der Waals surface area contributed by atoms with Crippen molar-refractivity contribution in [3.05, 3.63) is 53.3 Å². The fourth-order valence-corrected chi connectivity index (χ4v) is 1.51. The Bertz CT molecular complexity index is 459. The maximum absolute atomic E-state index is 13.0. The van der Waals surface area contributed by atoms with Crippen LogP contribution >= 0.6 is 11.6 Å². The van der Waals surface area contributed by atoms with E-state index in [4.69, 9.17) is 11.6 Å². The molecule has 2 aromatic carbocycles. The molecule has 0 spiro atoms. The number of halogens is 2. The standard InChI is InChI=1S/C12H8ClFO/c13-10-3-1-8(2-4-10)9-5-11(14)7-12(15)6-9/h1-7,15H. The highest BCUT2D eigenvalue weighted by Crippen LogP contribution is 2.25. The molecule has 2 rings (SSSR count). The maximum Gasteiger partial charge on any atom is 0.127 e. The van der Waals surface area contributed by atoms with Gasteiger partial charge in [0.05, 0.1) is 0 Å². The van der Waals surface area contributed by atoms with Crippen molar-refractivity contribution >= 4 is 11.6 Å². The summed E-state index contributed by atoms with van der Waals surface area (Å²) in [6.45, 7) is 0. The van der Waals surface area contributed by atoms with E-state index in [0.717, 1.165) is 11.6 Å². The molecule has 0 aromatic heterocycles. The van der Waals surface area contributed by atoms with Gasteiger partial charge in [0.1, 0.15) is 11.6 Å². The average molecular weight is 223 g/mol. The molecule has 0 fully saturated rings. The van der Waals surface area contributed by atoms with Crippen LogP contribution in [0.2, 0.25) is 5.02 Å². The molecule has 0 bridgehead atoms. The highest BCUT2D eigenvalue weighted by molar-refractivity contribution is 6.30. The second kappa shape index (κ2) is 3.91. The minimum atomic E-state index is -0.458. The molecule has 76 valence electrons. The molecule has 0 amide bonds. The van der Waals surface area contributed by atoms with Crippen molar-refractivity contribution < 1.29 is 9.50 Å². The number of hydrogen-bond acceptors (Lipinski definition) is 1. The zero-order valence-electron chi connectivity index (χ0n) is 7.74. The first-order valence-electron chi connectivity index (χ1n) is 4.40. The van der Waals surface area contributed by atoms with Crippen molar-refractivity contribution in [3.8, 4) is 16.9 Å². The van der Waals surface area contributed by atoms with Crippen LogP contribution in [0.3, 0.4) is 0 Å². The molecule has 0 aliphatic rings. The Morgan fingerprint density at radius 2 is 1.60 bits per heavy atom. The van der Waals surface area contributed by atoms with E-state index in [9.17, 15) is 9.50 Å². The lowest BCUT2D eigenvalue weighted by Gasteiger charge is -2.03. The molecule has 0 saturated heterocycles. The van der Waals surface area contributed by atoms with Gasteiger partial charge >= 0.3 is 0 Å². The molecule has 15 heavy (non-hydrogen) atoms. The smallest absolute Gasteiger partial charge is 0.127 e. The minimum absolute atomic E-state index is 0.0834. The summed E-state index contributed by atoms with van der Waals surface area (Å²) in [5.41, 5.74) is 1.44. The number of hydrogen-bond donors (Lipinski definition) is 1. The van der Waals surface area contributed by atoms with Crippen LogP contribution in [-0.4, -0.2) is 5.11 Å². The normalized spacial score (nSPS) is 10.3. The summed E-state index contributed by atoms with van der Waals surface area (Å²) in [6.07, 6.45) is 0. The van der Waals surface area contributed by atoms with Gasteiger partial charge in [-0.1, -0.05) is 23.7 Å². The summed E-state index contributed by atoms with van der Waals surface area (Å²) >= 11 is 5.74. The van der Waals surface area contributed by atoms with Gasteiger partial charge < -0.3 is 5.11 Å². The van der Waals surface area contributed by atoms with Crippen molar-refractivity contribution in [1.82, 2.24) is 0 Å². The van der Waals surface area contributed by atoms with Gasteiger partial charge in [0.15, 0.2) is 0 Å². The Labute approximate surface area is 91.8 Å². The molecular formula is C12H8ClFO. The first kappa shape index (κ1) is 9.99. The van der Waals surface area contributed by atoms with Crippen molar-refractivity contribution in [2.24, 2.45) is 0 Å². The second-order valence-corrected chi connectivity index (χ2v) is 3.64. The molecule has 0 heterocycles. The summed E-state index contributed by atoms with van der Waals surface area (Å²) < 4.78 is 13.0. The van der Waals surface area contributed by atoms with Crippen LogP contribution in [0.4, 0.5) is 4.39 Å². The number of phenols is 1. The Morgan fingerprint density at radius 1 is 0.933 bits per heavy atom. The van der Waals surface area contributed by atoms with Crippen LogP contribution in [0.25, 0.3) is 11.1 Å². The van der Waals surface area contributed by atoms with E-state index in [1.807, 2.05) is 0 Å². The average Bonchev–Trinajstić information content (AvgIpc) is 2.17. The third kappa shape index (κ3) is 2.28. The van der Waals surface area contributed by atoms with Gasteiger partial charge in [-0.3, -0.25) is 0 Å². The van der Waals surface area contributed by atoms with E-state index in [1.165, 1.54) is 12.1 Å². The monoisotopic (exact) mass is 222 g/mol. The molecule has 0 saturated carbocycles. The molecular weight excluding hydrogens is 215 g/mol. The topological polar surface area (TPSA) is 20.2 Å². The number of benzene rings is 2. The summed E-state index contributed by atoms with van der Waals surface area (Å²) in [5, 5.41) is 9.87. The summed E-state index contributed by atoms with van der Waals surface area (Å²) in [5.74, 6) is -0.542. The van der Waals surface area contributed by atoms with E-state index < -0.39 is 5.82 Å². The van der Waals surface area contributed by atoms with E-state index in [0.29, 0.717) is 10.6 Å². The SMILES string of the molecule is Oc1cc(F)cc(-c2ccc(Cl)cc2)c1. The minimum Gasteiger partial charge on any atom is -0.508 e. The van der Waals surface area contributed by atoms with Crippen molar-refractivity contribution in [2.75, 3.05) is 0 Å². The van der Waals surface area contributed by atoms with Crippen molar-refractivity contribution in [3.63, 3.8) is 0 Å². The molecule has 0 unspecified atom stereocenters. The lowest BCUT2D eigenvalue weighted by Crippen LogP contribution is -1.80. The highest BCUT2D eigenvalue weighted by atomic mass is 35.5. The van der Waals surface area contributed by atoms with Gasteiger partial charge in [0.2, 0.25) is 0 Å². The molecule has 1 N–H and O–H groups in total. The Hall–Kier alpha value is -1.54. The lowest BCUT2D eigenvalue weighted by atomic mass is 10.1. The fourth-order valence-electron chi connectivity index (χ4n) is 1.38. The van der Waals surface area contributed by atoms with Gasteiger partial charge in [0, 0.05) is 11.1 Å². The van der Waals surface area contributed by atoms with Crippen molar-refractivity contribution in [1.29, 1.82) is 0 Å². The van der Waals surface area contributed by atoms with Crippen LogP contribution in [0, 0.1) is 5.82 Å². The van der Waals surface area contributed by atoms with Crippen LogP contribution in [0.15, 0.2) is 42.5 Å². The van der Waals surface area contributed by atoms with E-state index in [1.54, 1.807) is 24.3 Å². The highest BCUT2D eigenvalue weighted by Gasteiger charge is 2.02. The van der Waals surface area contributed by atoms with Crippen LogP contribution in [0.5, 0.6) is 5.75 Å². The predicted octanol–water partition coefficient (Wildman–Crippen LogP) is 3.85. The largest absolute Gasteiger partial charge is 0.508 e. The third-order valence-electron chi connectivity index (χ3n) is 2.06. The molecule has 1 nitrogen and oxygen atoms in total. The Balaban J connectivity index is 2.49. The van der Waals surface area contributed by atoms with Gasteiger partial charge in [-0.2, -0.15) is 0 Å². The maximum atomic E-state index is 13.0. The Morgan fingerprint density at radius 3 is 2.20 bits per heavy atom. The quantitative estimate of drug-likeness (QED) is 0.777. The van der Waals surface area contributed by atoms with Crippen LogP contribution < -0.4 is 0 Å². The number of rotatable bonds is 1. The fraction of sp³-hybridized carbons (Fsp3) is 0. The zero-order valence-corrected chi connectivity index (χ0v) is 8.50. The molecule has 2 aromatic rings. The second-order valence-electron chi connectivity index (χ2n) is 3.20. The third-order valence-corrected chi connectivity index (χ3v) is 2.31. The molecule has 0 atom stereocenters. The molecule has 0 aliphatic heterocycles. The van der Waals surface area contributed by atoms with E-state index in [-0.39, 0.29) is 5.75 Å². The Kier molecular flexibility index (Phi) is 2.60. The van der Waals surface area contributed by atoms with Crippen LogP contribution in [-0.2, 0) is 0 Å². The zero-order chi connectivity index (χ0) is 10.8.